The van der Waals surface area contributed by atoms with E-state index in [1.165, 1.54) is 5.56 Å². The summed E-state index contributed by atoms with van der Waals surface area (Å²) in [5.41, 5.74) is 13.1. The average molecular weight is 423 g/mol. The lowest BCUT2D eigenvalue weighted by molar-refractivity contribution is 0.109. The maximum atomic E-state index is 5.67. The summed E-state index contributed by atoms with van der Waals surface area (Å²) in [6.07, 6.45) is 0. The molecule has 2 fully saturated rings. The van der Waals surface area contributed by atoms with E-state index in [4.69, 9.17) is 32.5 Å². The Balaban J connectivity index is 0.000000171. The van der Waals surface area contributed by atoms with Gasteiger partial charge in [0, 0.05) is 26.2 Å². The average Bonchev–Trinajstić information content (AvgIpc) is 2.75. The van der Waals surface area contributed by atoms with E-state index in [2.05, 4.69) is 27.1 Å². The van der Waals surface area contributed by atoms with Gasteiger partial charge in [0.2, 0.25) is 0 Å². The van der Waals surface area contributed by atoms with Crippen LogP contribution in [0.25, 0.3) is 0 Å². The number of pyridine rings is 2. The van der Waals surface area contributed by atoms with E-state index >= 15 is 0 Å². The highest BCUT2D eigenvalue weighted by Crippen LogP contribution is 2.19. The number of nitrogens with two attached hydrogens (primary N) is 2. The fourth-order valence-corrected chi connectivity index (χ4v) is 2.82. The maximum Gasteiger partial charge on any atom is 0.134 e. The molecule has 0 amide bonds. The van der Waals surface area contributed by atoms with Gasteiger partial charge in [0.05, 0.1) is 26.4 Å². The second-order valence-corrected chi connectivity index (χ2v) is 7.04. The molecule has 8 nitrogen and oxygen atoms in total. The minimum absolute atomic E-state index is 0.464. The Hall–Kier alpha value is -2.13. The summed E-state index contributed by atoms with van der Waals surface area (Å²) in [4.78, 5) is 10.4. The molecule has 0 atom stereocenters. The molecule has 4 heterocycles. The summed E-state index contributed by atoms with van der Waals surface area (Å²) >= 11 is 5.62. The zero-order valence-corrected chi connectivity index (χ0v) is 17.9. The van der Waals surface area contributed by atoms with Gasteiger partial charge in [0.1, 0.15) is 22.6 Å². The largest absolute Gasteiger partial charge is 0.384 e. The van der Waals surface area contributed by atoms with Crippen LogP contribution in [0.1, 0.15) is 11.1 Å². The third-order valence-electron chi connectivity index (χ3n) is 4.31. The fraction of sp³-hybridized carbons (Fsp3) is 0.500. The summed E-state index contributed by atoms with van der Waals surface area (Å²) < 4.78 is 10.3. The number of aryl methyl sites for hydroxylation is 2. The molecule has 9 heteroatoms. The Labute approximate surface area is 177 Å². The van der Waals surface area contributed by atoms with Crippen molar-refractivity contribution >= 4 is 29.1 Å². The number of hydrogen-bond donors (Lipinski definition) is 3. The number of aromatic nitrogens is 2. The van der Waals surface area contributed by atoms with Gasteiger partial charge < -0.3 is 31.2 Å². The number of rotatable bonds is 1. The van der Waals surface area contributed by atoms with Gasteiger partial charge in [-0.1, -0.05) is 23.7 Å². The van der Waals surface area contributed by atoms with Crippen molar-refractivity contribution in [1.82, 2.24) is 15.3 Å². The third kappa shape index (κ3) is 8.41. The molecule has 160 valence electrons. The van der Waals surface area contributed by atoms with E-state index < -0.39 is 0 Å². The Bertz CT molecular complexity index is 740. The first-order valence-electron chi connectivity index (χ1n) is 9.70. The SMILES string of the molecule is C1COCCN1.Cc1ccc(N)nc1Cl.Cc1ccc(N)nc1N1CCOCC1. The molecule has 0 bridgehead atoms. The van der Waals surface area contributed by atoms with Crippen LogP contribution in [0.2, 0.25) is 5.15 Å². The van der Waals surface area contributed by atoms with Crippen LogP contribution in [-0.2, 0) is 9.47 Å². The molecule has 4 rings (SSSR count). The lowest BCUT2D eigenvalue weighted by atomic mass is 10.2. The summed E-state index contributed by atoms with van der Waals surface area (Å²) in [6, 6.07) is 7.40. The second-order valence-electron chi connectivity index (χ2n) is 6.68. The van der Waals surface area contributed by atoms with Crippen molar-refractivity contribution in [1.29, 1.82) is 0 Å². The minimum atomic E-state index is 0.464. The van der Waals surface area contributed by atoms with Crippen molar-refractivity contribution in [3.63, 3.8) is 0 Å². The van der Waals surface area contributed by atoms with Gasteiger partial charge in [-0.05, 0) is 37.1 Å². The van der Waals surface area contributed by atoms with Crippen LogP contribution in [0.4, 0.5) is 17.5 Å². The molecule has 0 aromatic carbocycles. The van der Waals surface area contributed by atoms with Gasteiger partial charge in [-0.25, -0.2) is 9.97 Å². The van der Waals surface area contributed by atoms with Gasteiger partial charge in [-0.15, -0.1) is 0 Å². The first-order valence-corrected chi connectivity index (χ1v) is 10.1. The molecule has 0 saturated carbocycles. The van der Waals surface area contributed by atoms with E-state index in [0.29, 0.717) is 16.8 Å². The summed E-state index contributed by atoms with van der Waals surface area (Å²) in [5, 5.41) is 3.64. The van der Waals surface area contributed by atoms with Crippen LogP contribution < -0.4 is 21.7 Å². The Morgan fingerprint density at radius 1 is 0.862 bits per heavy atom. The molecule has 2 aliphatic heterocycles. The molecule has 2 aromatic rings. The molecule has 0 radical (unpaired) electrons. The number of nitrogen functional groups attached to an aromatic ring is 2. The first-order chi connectivity index (χ1) is 14.0. The van der Waals surface area contributed by atoms with Crippen molar-refractivity contribution in [2.24, 2.45) is 0 Å². The van der Waals surface area contributed by atoms with Crippen LogP contribution >= 0.6 is 11.6 Å². The maximum absolute atomic E-state index is 5.67. The van der Waals surface area contributed by atoms with Gasteiger partial charge >= 0.3 is 0 Å². The van der Waals surface area contributed by atoms with Gasteiger partial charge in [-0.2, -0.15) is 0 Å². The molecule has 0 spiro atoms. The molecule has 0 unspecified atom stereocenters. The molecular weight excluding hydrogens is 392 g/mol. The van der Waals surface area contributed by atoms with E-state index in [9.17, 15) is 0 Å². The molecule has 2 aromatic heterocycles. The minimum Gasteiger partial charge on any atom is -0.384 e. The van der Waals surface area contributed by atoms with Crippen molar-refractivity contribution in [2.45, 2.75) is 13.8 Å². The third-order valence-corrected chi connectivity index (χ3v) is 4.69. The number of hydrogen-bond acceptors (Lipinski definition) is 8. The Morgan fingerprint density at radius 3 is 1.90 bits per heavy atom. The van der Waals surface area contributed by atoms with Crippen LogP contribution in [0.5, 0.6) is 0 Å². The lowest BCUT2D eigenvalue weighted by Crippen LogP contribution is -2.37. The summed E-state index contributed by atoms with van der Waals surface area (Å²) in [5.74, 6) is 2.04. The fourth-order valence-electron chi connectivity index (χ4n) is 2.66. The zero-order chi connectivity index (χ0) is 21.1. The van der Waals surface area contributed by atoms with E-state index in [0.717, 1.165) is 64.0 Å². The molecule has 2 saturated heterocycles. The number of nitrogens with zero attached hydrogens (tertiary/aromatic N) is 3. The second kappa shape index (κ2) is 12.4. The highest BCUT2D eigenvalue weighted by Gasteiger charge is 2.14. The molecule has 5 N–H and O–H groups in total. The molecule has 0 aliphatic carbocycles. The van der Waals surface area contributed by atoms with Crippen LogP contribution in [-0.4, -0.2) is 62.6 Å². The summed E-state index contributed by atoms with van der Waals surface area (Å²) in [6.45, 7) is 11.1. The standard InChI is InChI=1S/C10H15N3O.C6H7ClN2.C4H9NO/c1-8-2-3-9(11)12-10(8)13-4-6-14-7-5-13;1-4-2-3-5(8)9-6(4)7;1-3-6-4-2-5-1/h2-3H,4-7H2,1H3,(H2,11,12);2-3H,1H3,(H2,8,9);5H,1-4H2. The smallest absolute Gasteiger partial charge is 0.134 e. The van der Waals surface area contributed by atoms with E-state index in [-0.39, 0.29) is 0 Å². The monoisotopic (exact) mass is 422 g/mol. The number of nitrogens with one attached hydrogen (secondary N) is 1. The van der Waals surface area contributed by atoms with E-state index in [1.807, 2.05) is 25.1 Å². The highest BCUT2D eigenvalue weighted by molar-refractivity contribution is 6.30. The Morgan fingerprint density at radius 2 is 1.41 bits per heavy atom. The van der Waals surface area contributed by atoms with Gasteiger partial charge in [-0.3, -0.25) is 0 Å². The van der Waals surface area contributed by atoms with Crippen LogP contribution in [0.3, 0.4) is 0 Å². The van der Waals surface area contributed by atoms with Crippen molar-refractivity contribution in [2.75, 3.05) is 69.0 Å². The number of ether oxygens (including phenoxy) is 2. The molecule has 2 aliphatic rings. The van der Waals surface area contributed by atoms with Crippen molar-refractivity contribution < 1.29 is 9.47 Å². The number of morpholine rings is 2. The number of anilines is 3. The Kier molecular flexibility index (Phi) is 9.93. The molecule has 29 heavy (non-hydrogen) atoms. The summed E-state index contributed by atoms with van der Waals surface area (Å²) in [7, 11) is 0. The van der Waals surface area contributed by atoms with E-state index in [1.54, 1.807) is 6.07 Å². The number of halogens is 1. The quantitative estimate of drug-likeness (QED) is 0.598. The van der Waals surface area contributed by atoms with Gasteiger partial charge in [0.25, 0.3) is 0 Å². The molecular formula is C20H31ClN6O2. The van der Waals surface area contributed by atoms with Crippen molar-refractivity contribution in [3.8, 4) is 0 Å². The lowest BCUT2D eigenvalue weighted by Gasteiger charge is -2.29. The van der Waals surface area contributed by atoms with Gasteiger partial charge in [0.15, 0.2) is 0 Å². The topological polar surface area (TPSA) is 112 Å². The zero-order valence-electron chi connectivity index (χ0n) is 17.2. The predicted molar refractivity (Wildman–Crippen MR) is 119 cm³/mol. The highest BCUT2D eigenvalue weighted by atomic mass is 35.5. The van der Waals surface area contributed by atoms with Crippen LogP contribution in [0, 0.1) is 13.8 Å². The normalized spacial score (nSPS) is 16.2. The van der Waals surface area contributed by atoms with Crippen LogP contribution in [0.15, 0.2) is 24.3 Å². The first kappa shape index (κ1) is 23.2. The predicted octanol–water partition coefficient (Wildman–Crippen LogP) is 2.04. The van der Waals surface area contributed by atoms with Crippen molar-refractivity contribution in [3.05, 3.63) is 40.5 Å².